The van der Waals surface area contributed by atoms with Crippen LogP contribution in [0.4, 0.5) is 0 Å². The van der Waals surface area contributed by atoms with Crippen LogP contribution in [-0.4, -0.2) is 72.2 Å². The molecule has 216 valence electrons. The lowest BCUT2D eigenvalue weighted by atomic mass is 9.82. The van der Waals surface area contributed by atoms with E-state index in [0.717, 1.165) is 16.9 Å². The van der Waals surface area contributed by atoms with Crippen molar-refractivity contribution in [2.45, 2.75) is 89.4 Å². The molecular weight excluding hydrogens is 520 g/mol. The van der Waals surface area contributed by atoms with E-state index in [0.29, 0.717) is 23.7 Å². The number of aliphatic hydroxyl groups is 1. The van der Waals surface area contributed by atoms with Crippen LogP contribution in [0.2, 0.25) is 0 Å². The molecule has 2 fully saturated rings. The van der Waals surface area contributed by atoms with Gasteiger partial charge in [-0.15, -0.1) is 23.5 Å². The number of rotatable bonds is 13. The van der Waals surface area contributed by atoms with Gasteiger partial charge in [0.2, 0.25) is 0 Å². The summed E-state index contributed by atoms with van der Waals surface area (Å²) >= 11 is 4.07. The van der Waals surface area contributed by atoms with Crippen molar-refractivity contribution in [3.05, 3.63) is 41.5 Å². The molecule has 6 nitrogen and oxygen atoms in total. The summed E-state index contributed by atoms with van der Waals surface area (Å²) in [4.78, 5) is 0. The summed E-state index contributed by atoms with van der Waals surface area (Å²) in [5.41, 5.74) is 2.05. The van der Waals surface area contributed by atoms with Gasteiger partial charge in [-0.25, -0.2) is 0 Å². The van der Waals surface area contributed by atoms with Gasteiger partial charge in [0.05, 0.1) is 43.2 Å². The van der Waals surface area contributed by atoms with E-state index in [4.69, 9.17) is 23.7 Å². The molecule has 2 aliphatic heterocycles. The first-order valence-electron chi connectivity index (χ1n) is 13.7. The molecule has 3 rings (SSSR count). The summed E-state index contributed by atoms with van der Waals surface area (Å²) in [6, 6.07) is 7.90. The van der Waals surface area contributed by atoms with E-state index >= 15 is 0 Å². The molecule has 38 heavy (non-hydrogen) atoms. The molecular formula is C30H48O6S2. The second-order valence-electron chi connectivity index (χ2n) is 11.1. The molecule has 0 spiro atoms. The Hall–Kier alpha value is -0.740. The molecule has 2 heterocycles. The van der Waals surface area contributed by atoms with Gasteiger partial charge in [0, 0.05) is 18.9 Å². The zero-order valence-corrected chi connectivity index (χ0v) is 26.0. The van der Waals surface area contributed by atoms with Gasteiger partial charge in [-0.2, -0.15) is 0 Å². The standard InChI is InChI=1S/C30H48O6S2/c1-19(16-20(2)29-37-14-9-15-38-29)26(31)21(3)27(34-17-23-10-12-24(32-7)13-11-23)22(4)28(33-8)25-18-35-30(5,6)36-25/h10-13,16,20-22,25-29,31H,9,14-15,17-18H2,1-8H3/b19-16+/t20-,21+,22+,25-,26-,27-,28-/m0/s1. The first-order chi connectivity index (χ1) is 18.1. The third-order valence-corrected chi connectivity index (χ3v) is 11.0. The van der Waals surface area contributed by atoms with Crippen LogP contribution in [0.5, 0.6) is 5.75 Å². The number of hydrogen-bond donors (Lipinski definition) is 1. The summed E-state index contributed by atoms with van der Waals surface area (Å²) in [6.45, 7) is 13.2. The van der Waals surface area contributed by atoms with Gasteiger partial charge in [0.25, 0.3) is 0 Å². The Balaban J connectivity index is 1.78. The van der Waals surface area contributed by atoms with Crippen molar-refractivity contribution in [2.24, 2.45) is 17.8 Å². The zero-order valence-electron chi connectivity index (χ0n) is 24.3. The SMILES string of the molecule is COc1ccc(CO[C@H]([C@@H](C)[C@H](OC)[C@@H]2COC(C)(C)O2)[C@H](C)[C@@H](O)/C(C)=C/[C@H](C)C2SCCCS2)cc1. The molecule has 2 saturated heterocycles. The highest BCUT2D eigenvalue weighted by Gasteiger charge is 2.44. The second kappa shape index (κ2) is 14.8. The highest BCUT2D eigenvalue weighted by Crippen LogP contribution is 2.38. The van der Waals surface area contributed by atoms with Crippen LogP contribution in [0.25, 0.3) is 0 Å². The van der Waals surface area contributed by atoms with E-state index in [1.165, 1.54) is 17.9 Å². The zero-order chi connectivity index (χ0) is 27.9. The molecule has 0 amide bonds. The molecule has 1 aromatic rings. The molecule has 0 bridgehead atoms. The fourth-order valence-corrected chi connectivity index (χ4v) is 8.46. The second-order valence-corrected chi connectivity index (χ2v) is 13.9. The Morgan fingerprint density at radius 2 is 1.76 bits per heavy atom. The van der Waals surface area contributed by atoms with Crippen molar-refractivity contribution < 1.29 is 28.8 Å². The van der Waals surface area contributed by atoms with Gasteiger partial charge in [0.15, 0.2) is 5.79 Å². The van der Waals surface area contributed by atoms with E-state index in [1.807, 2.05) is 68.6 Å². The number of ether oxygens (including phenoxy) is 5. The average molecular weight is 569 g/mol. The number of aliphatic hydroxyl groups excluding tert-OH is 1. The van der Waals surface area contributed by atoms with Crippen molar-refractivity contribution in [3.63, 3.8) is 0 Å². The number of thioether (sulfide) groups is 2. The lowest BCUT2D eigenvalue weighted by molar-refractivity contribution is -0.170. The predicted octanol–water partition coefficient (Wildman–Crippen LogP) is 6.16. The monoisotopic (exact) mass is 568 g/mol. The maximum Gasteiger partial charge on any atom is 0.163 e. The maximum absolute atomic E-state index is 11.5. The van der Waals surface area contributed by atoms with Crippen molar-refractivity contribution in [2.75, 3.05) is 32.3 Å². The van der Waals surface area contributed by atoms with Crippen LogP contribution < -0.4 is 4.74 Å². The summed E-state index contributed by atoms with van der Waals surface area (Å²) < 4.78 is 30.4. The number of allylic oxidation sites excluding steroid dienone is 1. The predicted molar refractivity (Wildman–Crippen MR) is 158 cm³/mol. The molecule has 0 aromatic heterocycles. The molecule has 2 aliphatic rings. The molecule has 0 saturated carbocycles. The van der Waals surface area contributed by atoms with Crippen LogP contribution in [-0.2, 0) is 25.6 Å². The van der Waals surface area contributed by atoms with E-state index < -0.39 is 11.9 Å². The minimum Gasteiger partial charge on any atom is -0.497 e. The Labute approximate surface area is 238 Å². The first-order valence-corrected chi connectivity index (χ1v) is 15.8. The smallest absolute Gasteiger partial charge is 0.163 e. The Bertz CT molecular complexity index is 870. The normalized spacial score (nSPS) is 25.4. The van der Waals surface area contributed by atoms with E-state index in [-0.39, 0.29) is 30.1 Å². The molecule has 1 aromatic carbocycles. The van der Waals surface area contributed by atoms with Crippen LogP contribution in [0.15, 0.2) is 35.9 Å². The number of benzene rings is 1. The van der Waals surface area contributed by atoms with Gasteiger partial charge in [-0.1, -0.05) is 39.0 Å². The molecule has 0 aliphatic carbocycles. The van der Waals surface area contributed by atoms with E-state index in [9.17, 15) is 5.11 Å². The van der Waals surface area contributed by atoms with Crippen LogP contribution in [0.1, 0.15) is 53.5 Å². The summed E-state index contributed by atoms with van der Waals surface area (Å²) in [5.74, 6) is 2.78. The van der Waals surface area contributed by atoms with Gasteiger partial charge in [-0.3, -0.25) is 0 Å². The summed E-state index contributed by atoms with van der Waals surface area (Å²) in [6.07, 6.45) is 2.17. The van der Waals surface area contributed by atoms with Crippen molar-refractivity contribution in [1.29, 1.82) is 0 Å². The van der Waals surface area contributed by atoms with Gasteiger partial charge >= 0.3 is 0 Å². The molecule has 7 atom stereocenters. The van der Waals surface area contributed by atoms with Crippen LogP contribution in [0.3, 0.4) is 0 Å². The van der Waals surface area contributed by atoms with Crippen LogP contribution >= 0.6 is 23.5 Å². The van der Waals surface area contributed by atoms with Crippen molar-refractivity contribution >= 4 is 23.5 Å². The lowest BCUT2D eigenvalue weighted by Gasteiger charge is -2.38. The number of methoxy groups -OCH3 is 2. The van der Waals surface area contributed by atoms with Gasteiger partial charge in [-0.05, 0) is 67.9 Å². The highest BCUT2D eigenvalue weighted by atomic mass is 32.2. The highest BCUT2D eigenvalue weighted by molar-refractivity contribution is 8.17. The van der Waals surface area contributed by atoms with E-state index in [2.05, 4.69) is 26.8 Å². The molecule has 1 N–H and O–H groups in total. The van der Waals surface area contributed by atoms with Gasteiger partial charge < -0.3 is 28.8 Å². The first kappa shape index (κ1) is 31.8. The third-order valence-electron chi connectivity index (χ3n) is 7.60. The maximum atomic E-state index is 11.5. The quantitative estimate of drug-likeness (QED) is 0.284. The average Bonchev–Trinajstić information content (AvgIpc) is 3.28. The van der Waals surface area contributed by atoms with Crippen molar-refractivity contribution in [3.8, 4) is 5.75 Å². The molecule has 0 unspecified atom stereocenters. The van der Waals surface area contributed by atoms with Crippen molar-refractivity contribution in [1.82, 2.24) is 0 Å². The fraction of sp³-hybridized carbons (Fsp3) is 0.733. The minimum atomic E-state index is -0.643. The van der Waals surface area contributed by atoms with Crippen LogP contribution in [0, 0.1) is 17.8 Å². The molecule has 8 heteroatoms. The topological polar surface area (TPSA) is 66.4 Å². The lowest BCUT2D eigenvalue weighted by Crippen LogP contribution is -2.47. The Morgan fingerprint density at radius 1 is 1.11 bits per heavy atom. The Morgan fingerprint density at radius 3 is 2.32 bits per heavy atom. The fourth-order valence-electron chi connectivity index (χ4n) is 5.46. The number of hydrogen-bond acceptors (Lipinski definition) is 8. The minimum absolute atomic E-state index is 0.0555. The third kappa shape index (κ3) is 8.63. The molecule has 0 radical (unpaired) electrons. The summed E-state index contributed by atoms with van der Waals surface area (Å²) in [5, 5.41) is 11.5. The Kier molecular flexibility index (Phi) is 12.3. The van der Waals surface area contributed by atoms with E-state index in [1.54, 1.807) is 14.2 Å². The largest absolute Gasteiger partial charge is 0.497 e. The van der Waals surface area contributed by atoms with Gasteiger partial charge in [0.1, 0.15) is 11.9 Å². The summed E-state index contributed by atoms with van der Waals surface area (Å²) in [7, 11) is 3.37.